The average molecular weight is 224 g/mol. The van der Waals surface area contributed by atoms with Crippen molar-refractivity contribution in [1.29, 1.82) is 0 Å². The van der Waals surface area contributed by atoms with Crippen molar-refractivity contribution in [3.8, 4) is 0 Å². The van der Waals surface area contributed by atoms with Crippen molar-refractivity contribution in [3.63, 3.8) is 0 Å². The smallest absolute Gasteiger partial charge is 0.307 e. The second-order valence-electron chi connectivity index (χ2n) is 4.06. The molecule has 0 aromatic carbocycles. The Bertz CT molecular complexity index is 207. The predicted octanol–water partition coefficient (Wildman–Crippen LogP) is 4.32. The lowest BCUT2D eigenvalue weighted by Gasteiger charge is -1.98. The number of hydrogen-bond donors (Lipinski definition) is 1. The Morgan fingerprint density at radius 1 is 0.938 bits per heavy atom. The quantitative estimate of drug-likeness (QED) is 0.419. The minimum Gasteiger partial charge on any atom is -0.481 e. The first-order valence-corrected chi connectivity index (χ1v) is 6.25. The van der Waals surface area contributed by atoms with Crippen molar-refractivity contribution in [3.05, 3.63) is 24.8 Å². The molecule has 0 aliphatic heterocycles. The van der Waals surface area contributed by atoms with Crippen LogP contribution in [0.25, 0.3) is 0 Å². The fourth-order valence-electron chi connectivity index (χ4n) is 1.56. The van der Waals surface area contributed by atoms with Gasteiger partial charge in [0, 0.05) is 0 Å². The van der Waals surface area contributed by atoms with Gasteiger partial charge in [0.15, 0.2) is 0 Å². The van der Waals surface area contributed by atoms with E-state index in [-0.39, 0.29) is 6.42 Å². The number of allylic oxidation sites excluding steroid dienone is 2. The van der Waals surface area contributed by atoms with E-state index in [9.17, 15) is 4.79 Å². The van der Waals surface area contributed by atoms with Crippen LogP contribution < -0.4 is 0 Å². The summed E-state index contributed by atoms with van der Waals surface area (Å²) >= 11 is 0. The van der Waals surface area contributed by atoms with E-state index in [4.69, 9.17) is 5.11 Å². The van der Waals surface area contributed by atoms with Gasteiger partial charge in [0.05, 0.1) is 6.42 Å². The molecule has 2 nitrogen and oxygen atoms in total. The largest absolute Gasteiger partial charge is 0.481 e. The number of carboxylic acid groups (broad SMARTS) is 1. The summed E-state index contributed by atoms with van der Waals surface area (Å²) in [6.45, 7) is 3.70. The molecule has 0 saturated heterocycles. The van der Waals surface area contributed by atoms with Crippen molar-refractivity contribution >= 4 is 5.97 Å². The zero-order valence-corrected chi connectivity index (χ0v) is 10.2. The summed E-state index contributed by atoms with van der Waals surface area (Å²) in [7, 11) is 0. The van der Waals surface area contributed by atoms with Gasteiger partial charge in [0.25, 0.3) is 0 Å². The van der Waals surface area contributed by atoms with Crippen molar-refractivity contribution in [1.82, 2.24) is 0 Å². The molecular weight excluding hydrogens is 200 g/mol. The van der Waals surface area contributed by atoms with Crippen LogP contribution in [0.2, 0.25) is 0 Å². The lowest BCUT2D eigenvalue weighted by molar-refractivity contribution is -0.136. The Morgan fingerprint density at radius 3 is 2.06 bits per heavy atom. The van der Waals surface area contributed by atoms with Crippen LogP contribution in [0.1, 0.15) is 57.8 Å². The average Bonchev–Trinajstić information content (AvgIpc) is 2.25. The molecule has 0 aliphatic carbocycles. The summed E-state index contributed by atoms with van der Waals surface area (Å²) in [4.78, 5) is 10.2. The SMILES string of the molecule is C=CCCCCCCCCC=CCC(=O)O. The van der Waals surface area contributed by atoms with Crippen LogP contribution >= 0.6 is 0 Å². The fourth-order valence-corrected chi connectivity index (χ4v) is 1.56. The van der Waals surface area contributed by atoms with Gasteiger partial charge in [0.2, 0.25) is 0 Å². The van der Waals surface area contributed by atoms with Crippen molar-refractivity contribution < 1.29 is 9.90 Å². The molecular formula is C14H24O2. The van der Waals surface area contributed by atoms with Gasteiger partial charge in [-0.3, -0.25) is 4.79 Å². The van der Waals surface area contributed by atoms with Crippen molar-refractivity contribution in [2.75, 3.05) is 0 Å². The highest BCUT2D eigenvalue weighted by molar-refractivity contribution is 5.68. The number of hydrogen-bond acceptors (Lipinski definition) is 1. The molecule has 0 bridgehead atoms. The van der Waals surface area contributed by atoms with E-state index in [0.717, 1.165) is 12.8 Å². The molecule has 0 unspecified atom stereocenters. The highest BCUT2D eigenvalue weighted by Gasteiger charge is 1.91. The Balaban J connectivity index is 3.06. The maximum absolute atomic E-state index is 10.2. The molecule has 0 saturated carbocycles. The van der Waals surface area contributed by atoms with Gasteiger partial charge in [-0.05, 0) is 25.7 Å². The van der Waals surface area contributed by atoms with E-state index in [0.29, 0.717) is 0 Å². The van der Waals surface area contributed by atoms with Crippen LogP contribution in [0.4, 0.5) is 0 Å². The Morgan fingerprint density at radius 2 is 1.50 bits per heavy atom. The molecule has 0 aromatic heterocycles. The van der Waals surface area contributed by atoms with E-state index in [1.54, 1.807) is 6.08 Å². The Kier molecular flexibility index (Phi) is 11.2. The molecule has 0 atom stereocenters. The normalized spacial score (nSPS) is 10.8. The standard InChI is InChI=1S/C14H24O2/c1-2-3-4-5-6-7-8-9-10-11-12-13-14(15)16/h2,11-12H,1,3-10,13H2,(H,15,16). The maximum atomic E-state index is 10.2. The van der Waals surface area contributed by atoms with Crippen LogP contribution in [-0.2, 0) is 4.79 Å². The molecule has 0 spiro atoms. The Labute approximate surface area is 99.1 Å². The third-order valence-corrected chi connectivity index (χ3v) is 2.49. The third-order valence-electron chi connectivity index (χ3n) is 2.49. The van der Waals surface area contributed by atoms with Gasteiger partial charge < -0.3 is 5.11 Å². The molecule has 92 valence electrons. The Hall–Kier alpha value is -1.05. The summed E-state index contributed by atoms with van der Waals surface area (Å²) in [6.07, 6.45) is 15.6. The van der Waals surface area contributed by atoms with Gasteiger partial charge in [-0.15, -0.1) is 6.58 Å². The highest BCUT2D eigenvalue weighted by atomic mass is 16.4. The van der Waals surface area contributed by atoms with Crippen LogP contribution in [0.15, 0.2) is 24.8 Å². The van der Waals surface area contributed by atoms with E-state index in [2.05, 4.69) is 6.58 Å². The zero-order chi connectivity index (χ0) is 12.1. The molecule has 2 heteroatoms. The summed E-state index contributed by atoms with van der Waals surface area (Å²) in [6, 6.07) is 0. The molecule has 0 aliphatic rings. The second-order valence-corrected chi connectivity index (χ2v) is 4.06. The monoisotopic (exact) mass is 224 g/mol. The molecule has 0 heterocycles. The second kappa shape index (κ2) is 12.0. The molecule has 0 fully saturated rings. The van der Waals surface area contributed by atoms with Crippen LogP contribution in [0.3, 0.4) is 0 Å². The molecule has 1 N–H and O–H groups in total. The number of carbonyl (C=O) groups is 1. The lowest BCUT2D eigenvalue weighted by atomic mass is 10.1. The minimum atomic E-state index is -0.751. The summed E-state index contributed by atoms with van der Waals surface area (Å²) in [5.41, 5.74) is 0. The number of rotatable bonds is 11. The molecule has 0 radical (unpaired) electrons. The van der Waals surface area contributed by atoms with E-state index in [1.165, 1.54) is 38.5 Å². The minimum absolute atomic E-state index is 0.154. The molecule has 0 amide bonds. The lowest BCUT2D eigenvalue weighted by Crippen LogP contribution is -1.89. The molecule has 16 heavy (non-hydrogen) atoms. The zero-order valence-electron chi connectivity index (χ0n) is 10.2. The first-order valence-electron chi connectivity index (χ1n) is 6.25. The first kappa shape index (κ1) is 14.9. The number of aliphatic carboxylic acids is 1. The maximum Gasteiger partial charge on any atom is 0.307 e. The van der Waals surface area contributed by atoms with Gasteiger partial charge in [-0.2, -0.15) is 0 Å². The highest BCUT2D eigenvalue weighted by Crippen LogP contribution is 2.09. The number of carboxylic acids is 1. The summed E-state index contributed by atoms with van der Waals surface area (Å²) in [5.74, 6) is -0.751. The molecule has 0 aromatic rings. The van der Waals surface area contributed by atoms with Crippen LogP contribution in [-0.4, -0.2) is 11.1 Å². The van der Waals surface area contributed by atoms with Crippen LogP contribution in [0, 0.1) is 0 Å². The van der Waals surface area contributed by atoms with Gasteiger partial charge in [-0.25, -0.2) is 0 Å². The topological polar surface area (TPSA) is 37.3 Å². The molecule has 0 rings (SSSR count). The van der Waals surface area contributed by atoms with Gasteiger partial charge in [0.1, 0.15) is 0 Å². The third kappa shape index (κ3) is 12.9. The van der Waals surface area contributed by atoms with Crippen molar-refractivity contribution in [2.45, 2.75) is 57.8 Å². The summed E-state index contributed by atoms with van der Waals surface area (Å²) < 4.78 is 0. The summed E-state index contributed by atoms with van der Waals surface area (Å²) in [5, 5.41) is 8.40. The van der Waals surface area contributed by atoms with Crippen molar-refractivity contribution in [2.24, 2.45) is 0 Å². The van der Waals surface area contributed by atoms with Crippen LogP contribution in [0.5, 0.6) is 0 Å². The van der Waals surface area contributed by atoms with E-state index < -0.39 is 5.97 Å². The first-order chi connectivity index (χ1) is 7.77. The fraction of sp³-hybridized carbons (Fsp3) is 0.643. The number of unbranched alkanes of at least 4 members (excludes halogenated alkanes) is 7. The van der Waals surface area contributed by atoms with E-state index >= 15 is 0 Å². The van der Waals surface area contributed by atoms with Gasteiger partial charge >= 0.3 is 5.97 Å². The van der Waals surface area contributed by atoms with Gasteiger partial charge in [-0.1, -0.05) is 43.9 Å². The predicted molar refractivity (Wildman–Crippen MR) is 68.5 cm³/mol. The van der Waals surface area contributed by atoms with E-state index in [1.807, 2.05) is 12.2 Å².